The molecule has 0 aliphatic carbocycles. The third-order valence-corrected chi connectivity index (χ3v) is 7.94. The monoisotopic (exact) mass is 745 g/mol. The number of ether oxygens (including phenoxy) is 9. The van der Waals surface area contributed by atoms with Crippen LogP contribution < -0.4 is 0 Å². The minimum Gasteiger partial charge on any atom is -0.463 e. The molecule has 1 N–H and O–H groups in total. The molecule has 0 amide bonds. The molecule has 19 heteroatoms. The maximum Gasteiger partial charge on any atom is 0.305 e. The van der Waals surface area contributed by atoms with E-state index in [-0.39, 0.29) is 25.7 Å². The van der Waals surface area contributed by atoms with Gasteiger partial charge in [-0.05, 0) is 18.0 Å². The van der Waals surface area contributed by atoms with Crippen LogP contribution in [0.4, 0.5) is 0 Å². The first-order valence-corrected chi connectivity index (χ1v) is 16.8. The predicted octanol–water partition coefficient (Wildman–Crippen LogP) is 3.55. The summed E-state index contributed by atoms with van der Waals surface area (Å²) in [5, 5.41) is 11.9. The number of hydrogen-bond donors (Lipinski definition) is 1. The van der Waals surface area contributed by atoms with Crippen LogP contribution in [0.5, 0.6) is 0 Å². The lowest BCUT2D eigenvalue weighted by Crippen LogP contribution is -2.66. The molecule has 4 rings (SSSR count). The van der Waals surface area contributed by atoms with Crippen molar-refractivity contribution in [1.29, 1.82) is 6.74 Å². The molecular weight excluding hydrogens is 703 g/mol. The number of benzene rings is 2. The van der Waals surface area contributed by atoms with Crippen LogP contribution in [0.1, 0.15) is 38.8 Å². The third kappa shape index (κ3) is 11.7. The lowest BCUT2D eigenvalue weighted by atomic mass is 9.96. The SMILES string of the molecule is [3H][B]SO[C@H]1C(COC(C)=O)O[C@@H](O[C@H]2C(OC(C)=O)O[C@@H](OC(C)=N)C(OC(C)=O)[C@@H]2OCc2ccccc2)C(N=[N+]=[N-])[C@H]1OCc1ccccc1. The lowest BCUT2D eigenvalue weighted by molar-refractivity contribution is -0.371. The maximum atomic E-state index is 12.4. The summed E-state index contributed by atoms with van der Waals surface area (Å²) in [7, 11) is 0.920. The van der Waals surface area contributed by atoms with Crippen LogP contribution >= 0.6 is 11.9 Å². The minimum absolute atomic E-state index is 0.00696. The first-order valence-electron chi connectivity index (χ1n) is 16.6. The Morgan fingerprint density at radius 2 is 1.40 bits per heavy atom. The molecule has 10 atom stereocenters. The molecule has 2 aromatic carbocycles. The fourth-order valence-electron chi connectivity index (χ4n) is 5.54. The topological polar surface area (TPSA) is 216 Å². The quantitative estimate of drug-likeness (QED) is 0.0282. The Bertz CT molecular complexity index is 1560. The summed E-state index contributed by atoms with van der Waals surface area (Å²) in [4.78, 5) is 39.8. The summed E-state index contributed by atoms with van der Waals surface area (Å²) in [6.07, 6.45) is -12.3. The van der Waals surface area contributed by atoms with Crippen molar-refractivity contribution in [3.8, 4) is 0 Å². The van der Waals surface area contributed by atoms with Crippen LogP contribution in [0.15, 0.2) is 65.8 Å². The van der Waals surface area contributed by atoms with Gasteiger partial charge in [0.25, 0.3) is 0 Å². The van der Waals surface area contributed by atoms with E-state index in [0.29, 0.717) is 17.5 Å². The van der Waals surface area contributed by atoms with Crippen LogP contribution in [0, 0.1) is 5.41 Å². The summed E-state index contributed by atoms with van der Waals surface area (Å²) in [5.41, 5.74) is 11.2. The second-order valence-electron chi connectivity index (χ2n) is 11.6. The Balaban J connectivity index is 1.80. The van der Waals surface area contributed by atoms with E-state index < -0.39 is 79.4 Å². The number of carbonyl (C=O) groups excluding carboxylic acids is 3. The summed E-state index contributed by atoms with van der Waals surface area (Å²) >= 11 is 0.647. The summed E-state index contributed by atoms with van der Waals surface area (Å²) in [6.45, 7) is 4.37. The fourth-order valence-corrected chi connectivity index (χ4v) is 5.90. The van der Waals surface area contributed by atoms with Gasteiger partial charge in [0.1, 0.15) is 37.1 Å². The molecule has 279 valence electrons. The Labute approximate surface area is 306 Å². The molecular formula is C33H40BN4O13S. The van der Waals surface area contributed by atoms with Gasteiger partial charge >= 0.3 is 17.9 Å². The average Bonchev–Trinajstić information content (AvgIpc) is 3.11. The van der Waals surface area contributed by atoms with E-state index in [9.17, 15) is 19.9 Å². The Morgan fingerprint density at radius 3 is 1.94 bits per heavy atom. The molecule has 2 aromatic rings. The molecule has 2 heterocycles. The van der Waals surface area contributed by atoms with Gasteiger partial charge in [-0.25, -0.2) is 0 Å². The summed E-state index contributed by atoms with van der Waals surface area (Å²) in [5.74, 6) is -2.50. The highest BCUT2D eigenvalue weighted by atomic mass is 32.2. The van der Waals surface area contributed by atoms with Gasteiger partial charge in [-0.2, -0.15) is 0 Å². The average molecular weight is 746 g/mol. The van der Waals surface area contributed by atoms with Crippen molar-refractivity contribution in [3.05, 3.63) is 82.2 Å². The molecule has 1 radical (unpaired) electrons. The Morgan fingerprint density at radius 1 is 0.808 bits per heavy atom. The van der Waals surface area contributed by atoms with Gasteiger partial charge in [-0.15, -0.1) is 0 Å². The third-order valence-electron chi connectivity index (χ3n) is 7.61. The van der Waals surface area contributed by atoms with Gasteiger partial charge in [-0.1, -0.05) is 77.7 Å². The van der Waals surface area contributed by atoms with E-state index in [1.807, 2.05) is 36.4 Å². The van der Waals surface area contributed by atoms with Crippen LogP contribution in [-0.2, 0) is 74.4 Å². The number of nitrogens with zero attached hydrogens (tertiary/aromatic N) is 3. The van der Waals surface area contributed by atoms with Crippen LogP contribution in [-0.4, -0.2) is 100 Å². The van der Waals surface area contributed by atoms with E-state index >= 15 is 0 Å². The lowest BCUT2D eigenvalue weighted by Gasteiger charge is -2.48. The van der Waals surface area contributed by atoms with Crippen LogP contribution in [0.2, 0.25) is 0 Å². The number of azide groups is 1. The van der Waals surface area contributed by atoms with Crippen molar-refractivity contribution in [1.82, 2.24) is 0 Å². The van der Waals surface area contributed by atoms with Crippen LogP contribution in [0.3, 0.4) is 0 Å². The van der Waals surface area contributed by atoms with E-state index in [0.717, 1.165) is 26.5 Å². The molecule has 2 aliphatic heterocycles. The number of rotatable bonds is 17. The van der Waals surface area contributed by atoms with Crippen molar-refractivity contribution < 1.29 is 61.2 Å². The molecule has 0 saturated carbocycles. The Kier molecular flexibility index (Phi) is 15.1. The normalized spacial score (nSPS) is 28.7. The molecule has 0 spiro atoms. The van der Waals surface area contributed by atoms with Gasteiger partial charge in [0.15, 0.2) is 24.4 Å². The maximum absolute atomic E-state index is 12.4. The number of esters is 3. The number of nitrogens with one attached hydrogen (secondary N) is 1. The fraction of sp³-hybridized carbons (Fsp3) is 0.515. The smallest absolute Gasteiger partial charge is 0.305 e. The highest BCUT2D eigenvalue weighted by Crippen LogP contribution is 2.36. The molecule has 0 bridgehead atoms. The molecule has 2 fully saturated rings. The molecule has 52 heavy (non-hydrogen) atoms. The van der Waals surface area contributed by atoms with Crippen molar-refractivity contribution in [2.45, 2.75) is 102 Å². The largest absolute Gasteiger partial charge is 0.463 e. The van der Waals surface area contributed by atoms with Crippen molar-refractivity contribution in [3.63, 3.8) is 0 Å². The van der Waals surface area contributed by atoms with E-state index in [1.165, 1.54) is 13.8 Å². The Hall–Kier alpha value is -4.20. The van der Waals surface area contributed by atoms with E-state index in [4.69, 9.17) is 53.6 Å². The zero-order chi connectivity index (χ0) is 38.3. The van der Waals surface area contributed by atoms with E-state index in [1.54, 1.807) is 24.3 Å². The van der Waals surface area contributed by atoms with E-state index in [2.05, 4.69) is 10.0 Å². The summed E-state index contributed by atoms with van der Waals surface area (Å²) < 4.78 is 66.8. The van der Waals surface area contributed by atoms with Gasteiger partial charge in [0.05, 0.1) is 13.2 Å². The first-order chi connectivity index (χ1) is 25.5. The predicted molar refractivity (Wildman–Crippen MR) is 183 cm³/mol. The van der Waals surface area contributed by atoms with Crippen molar-refractivity contribution in [2.75, 3.05) is 6.61 Å². The minimum atomic E-state index is -1.63. The highest BCUT2D eigenvalue weighted by molar-refractivity contribution is 8.15. The van der Waals surface area contributed by atoms with Crippen molar-refractivity contribution >= 4 is 42.8 Å². The van der Waals surface area contributed by atoms with Crippen molar-refractivity contribution in [2.24, 2.45) is 5.11 Å². The van der Waals surface area contributed by atoms with Crippen LogP contribution in [0.25, 0.3) is 10.4 Å². The molecule has 2 aliphatic rings. The highest BCUT2D eigenvalue weighted by Gasteiger charge is 2.56. The van der Waals surface area contributed by atoms with Gasteiger partial charge in [-0.3, -0.25) is 24.5 Å². The molecule has 2 saturated heterocycles. The molecule has 4 unspecified atom stereocenters. The second kappa shape index (κ2) is 20.2. The number of hydrogen-bond acceptors (Lipinski definition) is 16. The second-order valence-corrected chi connectivity index (χ2v) is 11.9. The number of carbonyl (C=O) groups is 3. The zero-order valence-corrected chi connectivity index (χ0v) is 29.6. The summed E-state index contributed by atoms with van der Waals surface area (Å²) in [6, 6.07) is 16.7. The standard InChI is InChI=1S/C33H40BN4O13S/c1-18(35)45-32-29(46-20(3)40)28(44-16-23-13-9-6-10-14-23)30(33(50-32)47-21(4)41)49-31-25(37-38-36)27(43-15-22-11-7-5-8-12-22)26(51-52-34)24(48-31)17-42-19(2)39/h5-14,24-35H,15-17H2,1-4H3/t24?,25?,26-,27+,28-,29?,30+,31-,32+,33?/m0/s1/i34T. The first kappa shape index (κ1) is 39.0. The van der Waals surface area contributed by atoms with Gasteiger partial charge in [0.2, 0.25) is 19.7 Å². The van der Waals surface area contributed by atoms with Gasteiger partial charge < -0.3 is 42.1 Å². The molecule has 0 aromatic heterocycles. The zero-order valence-electron chi connectivity index (χ0n) is 29.8. The van der Waals surface area contributed by atoms with Gasteiger partial charge in [0, 0.05) is 32.6 Å². The molecule has 17 nitrogen and oxygen atoms in total.